The second-order valence-corrected chi connectivity index (χ2v) is 3.27. The molecule has 0 bridgehead atoms. The number of rotatable bonds is 1. The van der Waals surface area contributed by atoms with Crippen molar-refractivity contribution in [2.75, 3.05) is 0 Å². The van der Waals surface area contributed by atoms with Crippen LogP contribution in [0.5, 0.6) is 0 Å². The van der Waals surface area contributed by atoms with E-state index in [9.17, 15) is 8.78 Å². The van der Waals surface area contributed by atoms with Gasteiger partial charge in [-0.1, -0.05) is 0 Å². The van der Waals surface area contributed by atoms with E-state index in [0.29, 0.717) is 6.54 Å². The number of alkyl halides is 2. The first kappa shape index (κ1) is 8.62. The number of fused-ring (bicyclic) bond motifs is 1. The molecule has 0 amide bonds. The van der Waals surface area contributed by atoms with Gasteiger partial charge in [-0.25, -0.2) is 8.78 Å². The molecule has 0 radical (unpaired) electrons. The molecule has 0 saturated carbocycles. The maximum atomic E-state index is 12.3. The van der Waals surface area contributed by atoms with E-state index in [1.807, 2.05) is 0 Å². The van der Waals surface area contributed by atoms with Crippen LogP contribution in [-0.4, -0.2) is 9.78 Å². The number of nitrogens with two attached hydrogens (primary N) is 1. The third kappa shape index (κ3) is 1.44. The molecule has 2 rings (SSSR count). The van der Waals surface area contributed by atoms with Crippen LogP contribution in [-0.2, 0) is 6.54 Å². The molecule has 72 valence electrons. The fourth-order valence-electron chi connectivity index (χ4n) is 1.65. The fourth-order valence-corrected chi connectivity index (χ4v) is 1.65. The van der Waals surface area contributed by atoms with Crippen molar-refractivity contribution < 1.29 is 8.78 Å². The molecule has 3 nitrogen and oxygen atoms in total. The van der Waals surface area contributed by atoms with Gasteiger partial charge in [-0.05, 0) is 18.9 Å². The highest BCUT2D eigenvalue weighted by atomic mass is 19.3. The molecule has 1 aromatic heterocycles. The standard InChI is InChI=1S/C8H11F2N3/c9-8(10)6-4-7-5(11)2-1-3-13(7)12-6/h4-5,8H,1-3,11H2/t5-/m0/s1. The fraction of sp³-hybridized carbons (Fsp3) is 0.625. The van der Waals surface area contributed by atoms with Crippen molar-refractivity contribution in [1.82, 2.24) is 9.78 Å². The summed E-state index contributed by atoms with van der Waals surface area (Å²) < 4.78 is 26.1. The SMILES string of the molecule is N[C@H]1CCCn2nc(C(F)F)cc21. The lowest BCUT2D eigenvalue weighted by molar-refractivity contribution is 0.145. The van der Waals surface area contributed by atoms with Gasteiger partial charge in [-0.2, -0.15) is 5.10 Å². The van der Waals surface area contributed by atoms with Crippen molar-refractivity contribution >= 4 is 0 Å². The van der Waals surface area contributed by atoms with Crippen molar-refractivity contribution in [3.05, 3.63) is 17.5 Å². The second kappa shape index (κ2) is 3.06. The monoisotopic (exact) mass is 187 g/mol. The normalized spacial score (nSPS) is 22.0. The number of aryl methyl sites for hydroxylation is 1. The van der Waals surface area contributed by atoms with Crippen LogP contribution in [0.25, 0.3) is 0 Å². The van der Waals surface area contributed by atoms with E-state index in [1.54, 1.807) is 4.68 Å². The van der Waals surface area contributed by atoms with Gasteiger partial charge in [0.15, 0.2) is 0 Å². The predicted molar refractivity (Wildman–Crippen MR) is 43.3 cm³/mol. The minimum absolute atomic E-state index is 0.131. The van der Waals surface area contributed by atoms with E-state index in [0.717, 1.165) is 18.5 Å². The maximum absolute atomic E-state index is 12.3. The van der Waals surface area contributed by atoms with Gasteiger partial charge in [-0.15, -0.1) is 0 Å². The van der Waals surface area contributed by atoms with Crippen LogP contribution in [0, 0.1) is 0 Å². The highest BCUT2D eigenvalue weighted by molar-refractivity contribution is 5.16. The summed E-state index contributed by atoms with van der Waals surface area (Å²) in [6.45, 7) is 0.704. The Bertz CT molecular complexity index is 308. The van der Waals surface area contributed by atoms with Crippen LogP contribution in [0.3, 0.4) is 0 Å². The molecule has 0 fully saturated rings. The maximum Gasteiger partial charge on any atom is 0.282 e. The molecular formula is C8H11F2N3. The van der Waals surface area contributed by atoms with Gasteiger partial charge >= 0.3 is 0 Å². The zero-order chi connectivity index (χ0) is 9.42. The number of hydrogen-bond donors (Lipinski definition) is 1. The summed E-state index contributed by atoms with van der Waals surface area (Å²) in [4.78, 5) is 0. The third-order valence-electron chi connectivity index (χ3n) is 2.32. The van der Waals surface area contributed by atoms with Gasteiger partial charge in [0.25, 0.3) is 6.43 Å². The minimum Gasteiger partial charge on any atom is -0.323 e. The molecule has 2 heterocycles. The third-order valence-corrected chi connectivity index (χ3v) is 2.32. The van der Waals surface area contributed by atoms with E-state index in [2.05, 4.69) is 5.10 Å². The molecule has 0 saturated heterocycles. The topological polar surface area (TPSA) is 43.8 Å². The van der Waals surface area contributed by atoms with Gasteiger partial charge in [0.2, 0.25) is 0 Å². The van der Waals surface area contributed by atoms with Crippen LogP contribution >= 0.6 is 0 Å². The van der Waals surface area contributed by atoms with Crippen LogP contribution in [0.2, 0.25) is 0 Å². The van der Waals surface area contributed by atoms with Gasteiger partial charge in [0, 0.05) is 12.6 Å². The highest BCUT2D eigenvalue weighted by Crippen LogP contribution is 2.26. The van der Waals surface area contributed by atoms with E-state index in [4.69, 9.17) is 5.73 Å². The van der Waals surface area contributed by atoms with Crippen molar-refractivity contribution in [2.24, 2.45) is 5.73 Å². The van der Waals surface area contributed by atoms with Crippen LogP contribution in [0.15, 0.2) is 6.07 Å². The highest BCUT2D eigenvalue weighted by Gasteiger charge is 2.22. The summed E-state index contributed by atoms with van der Waals surface area (Å²) >= 11 is 0. The van der Waals surface area contributed by atoms with E-state index >= 15 is 0 Å². The van der Waals surface area contributed by atoms with Crippen molar-refractivity contribution in [3.63, 3.8) is 0 Å². The molecule has 0 aliphatic carbocycles. The lowest BCUT2D eigenvalue weighted by Crippen LogP contribution is -2.21. The van der Waals surface area contributed by atoms with E-state index in [1.165, 1.54) is 6.07 Å². The van der Waals surface area contributed by atoms with Crippen molar-refractivity contribution in [2.45, 2.75) is 31.9 Å². The molecule has 0 unspecified atom stereocenters. The van der Waals surface area contributed by atoms with Gasteiger partial charge in [0.05, 0.1) is 5.69 Å². The number of hydrogen-bond acceptors (Lipinski definition) is 2. The van der Waals surface area contributed by atoms with Crippen LogP contribution < -0.4 is 5.73 Å². The number of aromatic nitrogens is 2. The first-order chi connectivity index (χ1) is 6.18. The van der Waals surface area contributed by atoms with Gasteiger partial charge in [-0.3, -0.25) is 4.68 Å². The summed E-state index contributed by atoms with van der Waals surface area (Å²) in [5.41, 5.74) is 6.33. The Morgan fingerprint density at radius 3 is 3.00 bits per heavy atom. The lowest BCUT2D eigenvalue weighted by atomic mass is 10.1. The molecule has 1 aromatic rings. The van der Waals surface area contributed by atoms with Gasteiger partial charge in [0.1, 0.15) is 5.69 Å². The second-order valence-electron chi connectivity index (χ2n) is 3.27. The minimum atomic E-state index is -2.50. The zero-order valence-electron chi connectivity index (χ0n) is 7.08. The Labute approximate surface area is 74.5 Å². The molecule has 5 heteroatoms. The first-order valence-electron chi connectivity index (χ1n) is 4.30. The van der Waals surface area contributed by atoms with Crippen LogP contribution in [0.4, 0.5) is 8.78 Å². The first-order valence-corrected chi connectivity index (χ1v) is 4.30. The van der Waals surface area contributed by atoms with Gasteiger partial charge < -0.3 is 5.73 Å². The number of nitrogens with zero attached hydrogens (tertiary/aromatic N) is 2. The molecule has 1 aliphatic rings. The molecule has 1 atom stereocenters. The summed E-state index contributed by atoms with van der Waals surface area (Å²) in [5.74, 6) is 0. The molecule has 0 aromatic carbocycles. The smallest absolute Gasteiger partial charge is 0.282 e. The Balaban J connectivity index is 2.36. The van der Waals surface area contributed by atoms with Crippen molar-refractivity contribution in [3.8, 4) is 0 Å². The molecule has 2 N–H and O–H groups in total. The lowest BCUT2D eigenvalue weighted by Gasteiger charge is -2.19. The summed E-state index contributed by atoms with van der Waals surface area (Å²) in [7, 11) is 0. The Kier molecular flexibility index (Phi) is 2.03. The zero-order valence-corrected chi connectivity index (χ0v) is 7.08. The average molecular weight is 187 g/mol. The molecule has 1 aliphatic heterocycles. The number of halogens is 2. The van der Waals surface area contributed by atoms with E-state index in [-0.39, 0.29) is 11.7 Å². The Hall–Kier alpha value is -0.970. The predicted octanol–water partition coefficient (Wildman–Crippen LogP) is 1.61. The van der Waals surface area contributed by atoms with Crippen molar-refractivity contribution in [1.29, 1.82) is 0 Å². The summed E-state index contributed by atoms with van der Waals surface area (Å²) in [6, 6.07) is 1.28. The molecular weight excluding hydrogens is 176 g/mol. The van der Waals surface area contributed by atoms with Crippen LogP contribution in [0.1, 0.15) is 36.7 Å². The Morgan fingerprint density at radius 1 is 1.62 bits per heavy atom. The largest absolute Gasteiger partial charge is 0.323 e. The summed E-state index contributed by atoms with van der Waals surface area (Å²) in [5, 5.41) is 3.79. The Morgan fingerprint density at radius 2 is 2.38 bits per heavy atom. The average Bonchev–Trinajstić information content (AvgIpc) is 2.49. The molecule has 0 spiro atoms. The summed E-state index contributed by atoms with van der Waals surface area (Å²) in [6.07, 6.45) is -0.724. The van der Waals surface area contributed by atoms with E-state index < -0.39 is 6.43 Å². The molecule has 13 heavy (non-hydrogen) atoms. The quantitative estimate of drug-likeness (QED) is 0.725.